The van der Waals surface area contributed by atoms with Crippen molar-refractivity contribution in [1.29, 1.82) is 0 Å². The lowest BCUT2D eigenvalue weighted by atomic mass is 9.93. The van der Waals surface area contributed by atoms with E-state index in [9.17, 15) is 0 Å². The number of nitrogens with zero attached hydrogens (tertiary/aromatic N) is 2. The molecular weight excluding hydrogens is 356 g/mol. The second kappa shape index (κ2) is 8.22. The first-order valence-electron chi connectivity index (χ1n) is 10.9. The molecule has 0 N–H and O–H groups in total. The van der Waals surface area contributed by atoms with Gasteiger partial charge in [-0.25, -0.2) is 0 Å². The van der Waals surface area contributed by atoms with E-state index in [1.54, 1.807) is 0 Å². The van der Waals surface area contributed by atoms with E-state index in [1.165, 1.54) is 0 Å². The Balaban J connectivity index is 1.31. The summed E-state index contributed by atoms with van der Waals surface area (Å²) in [6.45, 7) is 15.5. The molecular formula is C22H36N2O4. The van der Waals surface area contributed by atoms with Crippen LogP contribution in [-0.2, 0) is 18.9 Å². The Labute approximate surface area is 169 Å². The van der Waals surface area contributed by atoms with E-state index in [2.05, 4.69) is 49.3 Å². The topological polar surface area (TPSA) is 43.4 Å². The number of ether oxygens (including phenoxy) is 4. The van der Waals surface area contributed by atoms with Crippen LogP contribution in [0.2, 0.25) is 0 Å². The Kier molecular flexibility index (Phi) is 6.04. The summed E-state index contributed by atoms with van der Waals surface area (Å²) in [7, 11) is 0. The third-order valence-corrected chi connectivity index (χ3v) is 6.88. The van der Waals surface area contributed by atoms with Crippen molar-refractivity contribution in [2.24, 2.45) is 0 Å². The molecule has 4 heterocycles. The van der Waals surface area contributed by atoms with E-state index in [-0.39, 0.29) is 35.6 Å². The molecule has 0 aliphatic carbocycles. The molecule has 4 rings (SSSR count). The van der Waals surface area contributed by atoms with Gasteiger partial charge in [0.25, 0.3) is 0 Å². The zero-order valence-corrected chi connectivity index (χ0v) is 17.9. The first kappa shape index (κ1) is 20.6. The van der Waals surface area contributed by atoms with Crippen LogP contribution >= 0.6 is 0 Å². The van der Waals surface area contributed by atoms with Crippen LogP contribution in [-0.4, -0.2) is 97.9 Å². The summed E-state index contributed by atoms with van der Waals surface area (Å²) in [6.07, 6.45) is 2.74. The molecule has 158 valence electrons. The fourth-order valence-electron chi connectivity index (χ4n) is 5.39. The highest BCUT2D eigenvalue weighted by Crippen LogP contribution is 2.35. The molecule has 0 saturated carbocycles. The van der Waals surface area contributed by atoms with Crippen molar-refractivity contribution in [3.05, 3.63) is 0 Å². The van der Waals surface area contributed by atoms with Gasteiger partial charge in [0, 0.05) is 52.2 Å². The van der Waals surface area contributed by atoms with Crippen LogP contribution < -0.4 is 0 Å². The molecule has 6 heteroatoms. The zero-order valence-electron chi connectivity index (χ0n) is 17.9. The maximum absolute atomic E-state index is 6.31. The second-order valence-electron chi connectivity index (χ2n) is 9.21. The fraction of sp³-hybridized carbons (Fsp3) is 0.909. The first-order chi connectivity index (χ1) is 13.4. The summed E-state index contributed by atoms with van der Waals surface area (Å²) in [6, 6.07) is 0. The number of hydrogen-bond acceptors (Lipinski definition) is 6. The van der Waals surface area contributed by atoms with Crippen LogP contribution in [0, 0.1) is 11.8 Å². The smallest absolute Gasteiger partial charge is 0.109 e. The molecule has 0 amide bonds. The van der Waals surface area contributed by atoms with E-state index < -0.39 is 0 Å². The van der Waals surface area contributed by atoms with Crippen LogP contribution in [0.1, 0.15) is 40.5 Å². The van der Waals surface area contributed by atoms with Gasteiger partial charge in [0.05, 0.1) is 37.5 Å². The highest BCUT2D eigenvalue weighted by Gasteiger charge is 2.48. The third kappa shape index (κ3) is 4.12. The van der Waals surface area contributed by atoms with Gasteiger partial charge in [-0.2, -0.15) is 0 Å². The molecule has 0 aromatic carbocycles. The van der Waals surface area contributed by atoms with E-state index >= 15 is 0 Å². The molecule has 2 spiro atoms. The Hall–Kier alpha value is -0.680. The van der Waals surface area contributed by atoms with Crippen molar-refractivity contribution in [2.75, 3.05) is 52.5 Å². The fourth-order valence-corrected chi connectivity index (χ4v) is 5.39. The van der Waals surface area contributed by atoms with Gasteiger partial charge in [0.2, 0.25) is 0 Å². The summed E-state index contributed by atoms with van der Waals surface area (Å²) >= 11 is 0. The SMILES string of the molecule is CC1CN(CC#CCN2CC(C)OC3(CCOC3C)C2)CC2(CCOC2C)O1. The van der Waals surface area contributed by atoms with Crippen molar-refractivity contribution in [3.8, 4) is 11.8 Å². The molecule has 0 aromatic rings. The summed E-state index contributed by atoms with van der Waals surface area (Å²) < 4.78 is 24.2. The molecule has 0 aromatic heterocycles. The maximum atomic E-state index is 6.31. The molecule has 4 aliphatic heterocycles. The van der Waals surface area contributed by atoms with Crippen LogP contribution in [0.25, 0.3) is 0 Å². The maximum Gasteiger partial charge on any atom is 0.109 e. The van der Waals surface area contributed by atoms with Gasteiger partial charge in [-0.15, -0.1) is 0 Å². The van der Waals surface area contributed by atoms with Crippen molar-refractivity contribution in [1.82, 2.24) is 9.80 Å². The van der Waals surface area contributed by atoms with Crippen LogP contribution in [0.4, 0.5) is 0 Å². The summed E-state index contributed by atoms with van der Waals surface area (Å²) in [5, 5.41) is 0. The average molecular weight is 393 g/mol. The minimum Gasteiger partial charge on any atom is -0.375 e. The van der Waals surface area contributed by atoms with E-state index in [0.29, 0.717) is 0 Å². The molecule has 0 bridgehead atoms. The van der Waals surface area contributed by atoms with Crippen LogP contribution in [0.15, 0.2) is 0 Å². The molecule has 4 aliphatic rings. The Morgan fingerprint density at radius 1 is 0.750 bits per heavy atom. The monoisotopic (exact) mass is 392 g/mol. The zero-order chi connectivity index (χ0) is 19.8. The van der Waals surface area contributed by atoms with Crippen LogP contribution in [0.3, 0.4) is 0 Å². The van der Waals surface area contributed by atoms with E-state index in [0.717, 1.165) is 65.3 Å². The Morgan fingerprint density at radius 3 is 1.54 bits per heavy atom. The quantitative estimate of drug-likeness (QED) is 0.664. The van der Waals surface area contributed by atoms with Gasteiger partial charge in [-0.1, -0.05) is 11.8 Å². The Bertz CT molecular complexity index is 569. The van der Waals surface area contributed by atoms with Crippen molar-refractivity contribution in [2.45, 2.75) is 76.2 Å². The van der Waals surface area contributed by atoms with Gasteiger partial charge < -0.3 is 18.9 Å². The standard InChI is InChI=1S/C22H36N2O4/c1-17-13-23(15-21(27-17)7-11-25-19(21)3)9-5-6-10-24-14-18(2)28-22(16-24)8-12-26-20(22)4/h17-20H,7-16H2,1-4H3. The number of hydrogen-bond donors (Lipinski definition) is 0. The van der Waals surface area contributed by atoms with Gasteiger partial charge in [-0.3, -0.25) is 9.80 Å². The molecule has 4 fully saturated rings. The lowest BCUT2D eigenvalue weighted by Crippen LogP contribution is -2.58. The highest BCUT2D eigenvalue weighted by atomic mass is 16.6. The van der Waals surface area contributed by atoms with E-state index in [4.69, 9.17) is 18.9 Å². The van der Waals surface area contributed by atoms with Crippen molar-refractivity contribution >= 4 is 0 Å². The molecule has 28 heavy (non-hydrogen) atoms. The van der Waals surface area contributed by atoms with Gasteiger partial charge >= 0.3 is 0 Å². The average Bonchev–Trinajstić information content (AvgIpc) is 3.14. The van der Waals surface area contributed by atoms with Crippen molar-refractivity contribution in [3.63, 3.8) is 0 Å². The molecule has 6 unspecified atom stereocenters. The van der Waals surface area contributed by atoms with Crippen molar-refractivity contribution < 1.29 is 18.9 Å². The first-order valence-corrected chi connectivity index (χ1v) is 10.9. The summed E-state index contributed by atoms with van der Waals surface area (Å²) in [5.74, 6) is 6.83. The number of rotatable bonds is 2. The minimum absolute atomic E-state index is 0.149. The predicted molar refractivity (Wildman–Crippen MR) is 107 cm³/mol. The minimum atomic E-state index is -0.149. The van der Waals surface area contributed by atoms with Gasteiger partial charge in [-0.05, 0) is 27.7 Å². The molecule has 0 radical (unpaired) electrons. The lowest BCUT2D eigenvalue weighted by Gasteiger charge is -2.45. The van der Waals surface area contributed by atoms with Gasteiger partial charge in [0.15, 0.2) is 0 Å². The second-order valence-corrected chi connectivity index (χ2v) is 9.21. The van der Waals surface area contributed by atoms with Crippen LogP contribution in [0.5, 0.6) is 0 Å². The Morgan fingerprint density at radius 2 is 1.18 bits per heavy atom. The summed E-state index contributed by atoms with van der Waals surface area (Å²) in [4.78, 5) is 4.87. The molecule has 6 nitrogen and oxygen atoms in total. The lowest BCUT2D eigenvalue weighted by molar-refractivity contribution is -0.167. The molecule has 6 atom stereocenters. The summed E-state index contributed by atoms with van der Waals surface area (Å²) in [5.41, 5.74) is -0.298. The third-order valence-electron chi connectivity index (χ3n) is 6.88. The molecule has 4 saturated heterocycles. The predicted octanol–water partition coefficient (Wildman–Crippen LogP) is 1.53. The van der Waals surface area contributed by atoms with E-state index in [1.807, 2.05) is 0 Å². The largest absolute Gasteiger partial charge is 0.375 e. The normalized spacial score (nSPS) is 44.9. The highest BCUT2D eigenvalue weighted by molar-refractivity contribution is 5.08. The van der Waals surface area contributed by atoms with Gasteiger partial charge in [0.1, 0.15) is 11.2 Å². The number of morpholine rings is 2.